The molecule has 3 atom stereocenters. The van der Waals surface area contributed by atoms with Gasteiger partial charge in [-0.05, 0) is 45.6 Å². The lowest BCUT2D eigenvalue weighted by Gasteiger charge is -2.26. The zero-order valence-corrected chi connectivity index (χ0v) is 18.2. The third kappa shape index (κ3) is 3.68. The molecule has 4 rings (SSSR count). The van der Waals surface area contributed by atoms with Gasteiger partial charge in [0.2, 0.25) is 5.91 Å². The van der Waals surface area contributed by atoms with Crippen molar-refractivity contribution in [2.45, 2.75) is 39.3 Å². The summed E-state index contributed by atoms with van der Waals surface area (Å²) in [5.74, 6) is 0.404. The average molecular weight is 419 g/mol. The number of carbonyl (C=O) groups is 2. The van der Waals surface area contributed by atoms with E-state index in [-0.39, 0.29) is 35.8 Å². The van der Waals surface area contributed by atoms with Gasteiger partial charge >= 0.3 is 6.09 Å². The maximum Gasteiger partial charge on any atom is 0.410 e. The van der Waals surface area contributed by atoms with E-state index in [0.717, 1.165) is 16.6 Å². The van der Waals surface area contributed by atoms with E-state index < -0.39 is 5.60 Å². The zero-order chi connectivity index (χ0) is 21.1. The number of nitrogens with zero attached hydrogens (tertiary/aromatic N) is 3. The van der Waals surface area contributed by atoms with Crippen molar-refractivity contribution in [2.75, 3.05) is 13.1 Å². The van der Waals surface area contributed by atoms with Crippen molar-refractivity contribution in [3.63, 3.8) is 0 Å². The van der Waals surface area contributed by atoms with Crippen LogP contribution in [-0.4, -0.2) is 45.4 Å². The van der Waals surface area contributed by atoms with Crippen LogP contribution in [0.2, 0.25) is 5.02 Å². The Labute approximate surface area is 175 Å². The summed E-state index contributed by atoms with van der Waals surface area (Å²) in [6, 6.07) is 5.46. The highest BCUT2D eigenvalue weighted by Crippen LogP contribution is 2.52. The number of benzene rings is 1. The molecule has 2 aliphatic rings. The summed E-state index contributed by atoms with van der Waals surface area (Å²) >= 11 is 6.30. The molecule has 1 N–H and O–H groups in total. The van der Waals surface area contributed by atoms with Crippen molar-refractivity contribution in [2.24, 2.45) is 24.8 Å². The minimum absolute atomic E-state index is 0.0252. The maximum absolute atomic E-state index is 12.8. The van der Waals surface area contributed by atoms with Crippen molar-refractivity contribution in [1.29, 1.82) is 0 Å². The summed E-state index contributed by atoms with van der Waals surface area (Å²) in [6.07, 6.45) is -0.297. The molecule has 3 unspecified atom stereocenters. The molecule has 0 radical (unpaired) electrons. The number of ether oxygens (including phenoxy) is 1. The van der Waals surface area contributed by atoms with Crippen molar-refractivity contribution < 1.29 is 14.3 Å². The minimum atomic E-state index is -0.509. The molecule has 2 heterocycles. The minimum Gasteiger partial charge on any atom is -0.444 e. The van der Waals surface area contributed by atoms with Crippen LogP contribution in [-0.2, 0) is 16.6 Å². The average Bonchev–Trinajstić information content (AvgIpc) is 2.95. The number of hydrogen-bond acceptors (Lipinski definition) is 4. The molecule has 2 aromatic rings. The van der Waals surface area contributed by atoms with Crippen LogP contribution >= 0.6 is 11.6 Å². The first-order chi connectivity index (χ1) is 13.6. The van der Waals surface area contributed by atoms with E-state index in [4.69, 9.17) is 16.3 Å². The fraction of sp³-hybridized carbons (Fsp3) is 0.571. The third-order valence-electron chi connectivity index (χ3n) is 5.76. The number of carbonyl (C=O) groups excluding carboxylic acids is 2. The molecule has 2 fully saturated rings. The molecule has 1 saturated heterocycles. The number of aromatic nitrogens is 2. The van der Waals surface area contributed by atoms with Crippen molar-refractivity contribution >= 4 is 34.5 Å². The highest BCUT2D eigenvalue weighted by atomic mass is 35.5. The summed E-state index contributed by atoms with van der Waals surface area (Å²) in [5.41, 5.74) is 1.16. The molecule has 29 heavy (non-hydrogen) atoms. The Bertz CT molecular complexity index is 968. The van der Waals surface area contributed by atoms with Gasteiger partial charge in [-0.2, -0.15) is 5.10 Å². The van der Waals surface area contributed by atoms with Crippen molar-refractivity contribution in [3.05, 3.63) is 28.9 Å². The van der Waals surface area contributed by atoms with Crippen LogP contribution in [0.5, 0.6) is 0 Å². The fourth-order valence-corrected chi connectivity index (χ4v) is 4.70. The van der Waals surface area contributed by atoms with Crippen LogP contribution in [0.4, 0.5) is 4.79 Å². The number of rotatable bonds is 3. The largest absolute Gasteiger partial charge is 0.444 e. The standard InChI is InChI=1S/C21H27ClN4O3/c1-11(17-12-7-6-8-15(22)18(12)25(5)24-17)23-19(27)16-13-9-26(10-14(13)16)20(28)29-21(2,3)4/h6-8,11,13-14,16H,9-10H2,1-5H3,(H,23,27). The Balaban J connectivity index is 1.38. The molecule has 1 aromatic carbocycles. The van der Waals surface area contributed by atoms with Gasteiger partial charge in [-0.1, -0.05) is 23.7 Å². The molecule has 1 aromatic heterocycles. The summed E-state index contributed by atoms with van der Waals surface area (Å²) in [7, 11) is 1.85. The van der Waals surface area contributed by atoms with Gasteiger partial charge in [-0.25, -0.2) is 4.79 Å². The van der Waals surface area contributed by atoms with E-state index in [1.807, 2.05) is 52.9 Å². The maximum atomic E-state index is 12.8. The Morgan fingerprint density at radius 1 is 1.28 bits per heavy atom. The summed E-state index contributed by atoms with van der Waals surface area (Å²) < 4.78 is 7.18. The monoisotopic (exact) mass is 418 g/mol. The predicted octanol–water partition coefficient (Wildman–Crippen LogP) is 3.52. The molecular weight excluding hydrogens is 392 g/mol. The molecule has 1 aliphatic heterocycles. The smallest absolute Gasteiger partial charge is 0.410 e. The van der Waals surface area contributed by atoms with E-state index in [9.17, 15) is 9.59 Å². The lowest BCUT2D eigenvalue weighted by Crippen LogP contribution is -2.39. The van der Waals surface area contributed by atoms with Gasteiger partial charge < -0.3 is 15.0 Å². The second-order valence-corrected chi connectivity index (χ2v) is 9.52. The summed E-state index contributed by atoms with van der Waals surface area (Å²) in [6.45, 7) is 8.66. The molecule has 0 spiro atoms. The van der Waals surface area contributed by atoms with Gasteiger partial charge in [0.25, 0.3) is 0 Å². The summed E-state index contributed by atoms with van der Waals surface area (Å²) in [4.78, 5) is 26.7. The van der Waals surface area contributed by atoms with Crippen LogP contribution < -0.4 is 5.32 Å². The first-order valence-corrected chi connectivity index (χ1v) is 10.3. The molecule has 156 valence electrons. The van der Waals surface area contributed by atoms with Crippen LogP contribution in [0.3, 0.4) is 0 Å². The van der Waals surface area contributed by atoms with Crippen molar-refractivity contribution in [3.8, 4) is 0 Å². The fourth-order valence-electron chi connectivity index (χ4n) is 4.41. The number of aryl methyl sites for hydroxylation is 1. The van der Waals surface area contributed by atoms with Gasteiger partial charge in [0, 0.05) is 31.4 Å². The van der Waals surface area contributed by atoms with E-state index in [1.165, 1.54) is 0 Å². The second-order valence-electron chi connectivity index (χ2n) is 9.11. The first-order valence-electron chi connectivity index (χ1n) is 9.96. The van der Waals surface area contributed by atoms with E-state index in [1.54, 1.807) is 9.58 Å². The molecule has 7 nitrogen and oxygen atoms in total. The molecule has 0 bridgehead atoms. The number of likely N-dealkylation sites (tertiary alicyclic amines) is 1. The Hall–Kier alpha value is -2.28. The highest BCUT2D eigenvalue weighted by molar-refractivity contribution is 6.35. The Morgan fingerprint density at radius 3 is 2.55 bits per heavy atom. The first kappa shape index (κ1) is 20.0. The van der Waals surface area contributed by atoms with Crippen molar-refractivity contribution in [1.82, 2.24) is 20.0 Å². The Kier molecular flexibility index (Phi) is 4.76. The molecule has 1 aliphatic carbocycles. The van der Waals surface area contributed by atoms with Crippen LogP contribution in [0.1, 0.15) is 39.4 Å². The number of hydrogen-bond donors (Lipinski definition) is 1. The molecular formula is C21H27ClN4O3. The molecule has 1 saturated carbocycles. The predicted molar refractivity (Wildman–Crippen MR) is 111 cm³/mol. The second kappa shape index (κ2) is 6.90. The van der Waals surface area contributed by atoms with Gasteiger partial charge in [0.1, 0.15) is 5.60 Å². The zero-order valence-electron chi connectivity index (χ0n) is 17.4. The SMILES string of the molecule is CC(NC(=O)C1C2CN(C(=O)OC(C)(C)C)CC21)c1nn(C)c2c(Cl)cccc12. The van der Waals surface area contributed by atoms with Crippen LogP contribution in [0.25, 0.3) is 10.9 Å². The topological polar surface area (TPSA) is 76.5 Å². The lowest BCUT2D eigenvalue weighted by atomic mass is 10.1. The number of fused-ring (bicyclic) bond motifs is 2. The number of para-hydroxylation sites is 1. The van der Waals surface area contributed by atoms with Crippen LogP contribution in [0, 0.1) is 17.8 Å². The number of halogens is 1. The number of nitrogens with one attached hydrogen (secondary N) is 1. The normalized spacial score (nSPS) is 24.3. The highest BCUT2D eigenvalue weighted by Gasteiger charge is 2.60. The number of piperidine rings is 1. The third-order valence-corrected chi connectivity index (χ3v) is 6.07. The molecule has 8 heteroatoms. The quantitative estimate of drug-likeness (QED) is 0.827. The van der Waals surface area contributed by atoms with Gasteiger partial charge in [-0.15, -0.1) is 0 Å². The van der Waals surface area contributed by atoms with E-state index >= 15 is 0 Å². The summed E-state index contributed by atoms with van der Waals surface area (Å²) in [5, 5.41) is 9.26. The van der Waals surface area contributed by atoms with Gasteiger partial charge in [0.15, 0.2) is 0 Å². The Morgan fingerprint density at radius 2 is 1.93 bits per heavy atom. The van der Waals surface area contributed by atoms with Crippen LogP contribution in [0.15, 0.2) is 18.2 Å². The molecule has 2 amide bonds. The van der Waals surface area contributed by atoms with Gasteiger partial charge in [-0.3, -0.25) is 9.48 Å². The van der Waals surface area contributed by atoms with Gasteiger partial charge in [0.05, 0.1) is 22.3 Å². The lowest BCUT2D eigenvalue weighted by molar-refractivity contribution is -0.124. The van der Waals surface area contributed by atoms with E-state index in [0.29, 0.717) is 18.1 Å². The van der Waals surface area contributed by atoms with E-state index in [2.05, 4.69) is 10.4 Å². The number of amides is 2.